The highest BCUT2D eigenvalue weighted by molar-refractivity contribution is 7.87. The second kappa shape index (κ2) is 6.91. The smallest absolute Gasteiger partial charge is 0.217 e. The number of allylic oxidation sites excluding steroid dienone is 1. The Bertz CT molecular complexity index is 789. The van der Waals surface area contributed by atoms with E-state index in [1.807, 2.05) is 30.3 Å². The molecule has 0 amide bonds. The second-order valence-electron chi connectivity index (χ2n) is 6.41. The molecule has 7 heteroatoms. The number of hydrogen-bond donors (Lipinski definition) is 0. The molecule has 1 aromatic carbocycles. The Balaban J connectivity index is 2.34. The van der Waals surface area contributed by atoms with E-state index in [1.54, 1.807) is 0 Å². The summed E-state index contributed by atoms with van der Waals surface area (Å²) >= 11 is 0. The van der Waals surface area contributed by atoms with Gasteiger partial charge in [0.1, 0.15) is 0 Å². The van der Waals surface area contributed by atoms with Crippen molar-refractivity contribution in [2.45, 2.75) is 49.3 Å². The number of benzene rings is 1. The highest BCUT2D eigenvalue weighted by Crippen LogP contribution is 2.47. The largest absolute Gasteiger partial charge is 0.459 e. The Kier molecular flexibility index (Phi) is 5.59. The highest BCUT2D eigenvalue weighted by atomic mass is 32.2. The minimum Gasteiger partial charge on any atom is -0.459 e. The molecular formula is C18H22F3O2S2-. The van der Waals surface area contributed by atoms with Crippen LogP contribution < -0.4 is 0 Å². The molecule has 2 rings (SSSR count). The Morgan fingerprint density at radius 1 is 1.24 bits per heavy atom. The van der Waals surface area contributed by atoms with Gasteiger partial charge in [0.15, 0.2) is 5.67 Å². The molecule has 25 heavy (non-hydrogen) atoms. The van der Waals surface area contributed by atoms with Crippen molar-refractivity contribution in [1.82, 2.24) is 0 Å². The van der Waals surface area contributed by atoms with E-state index in [2.05, 4.69) is 5.87 Å². The zero-order valence-corrected chi connectivity index (χ0v) is 16.1. The van der Waals surface area contributed by atoms with Gasteiger partial charge in [-0.2, -0.15) is 5.87 Å². The number of fused-ring (bicyclic) bond motifs is 1. The number of halogens is 3. The van der Waals surface area contributed by atoms with Crippen molar-refractivity contribution in [2.75, 3.05) is 5.75 Å². The maximum absolute atomic E-state index is 15.4. The van der Waals surface area contributed by atoms with Gasteiger partial charge in [-0.05, 0) is 43.4 Å². The topological polar surface area (TPSA) is 34.1 Å². The van der Waals surface area contributed by atoms with Gasteiger partial charge in [-0.3, -0.25) is 8.60 Å². The van der Waals surface area contributed by atoms with Crippen LogP contribution in [-0.4, -0.2) is 31.5 Å². The fraction of sp³-hybridized carbons (Fsp3) is 0.500. The number of rotatable bonds is 7. The van der Waals surface area contributed by atoms with Crippen LogP contribution in [0, 0.1) is 0 Å². The van der Waals surface area contributed by atoms with Gasteiger partial charge in [0, 0.05) is 0 Å². The van der Waals surface area contributed by atoms with E-state index in [9.17, 15) is 12.8 Å². The standard InChI is InChI=1S/C18H22F3O2S2/c1-5-18(21,16(2,19)24(4)22)17(3,20)25(23)12-14-11-10-13-8-6-7-9-15(13)14/h6-9,11H,4-5,10,12H2,1-3H3/q-1. The van der Waals surface area contributed by atoms with Gasteiger partial charge in [0.05, 0.1) is 21.6 Å². The summed E-state index contributed by atoms with van der Waals surface area (Å²) in [5.41, 5.74) is -0.689. The zero-order valence-electron chi connectivity index (χ0n) is 14.5. The molecule has 0 N–H and O–H groups in total. The highest BCUT2D eigenvalue weighted by Gasteiger charge is 2.61. The van der Waals surface area contributed by atoms with Crippen LogP contribution in [-0.2, 0) is 31.8 Å². The Labute approximate surface area is 151 Å². The lowest BCUT2D eigenvalue weighted by atomic mass is 9.92. The lowest BCUT2D eigenvalue weighted by Crippen LogP contribution is -2.60. The van der Waals surface area contributed by atoms with E-state index in [-0.39, 0.29) is 5.75 Å². The van der Waals surface area contributed by atoms with Crippen LogP contribution in [0.5, 0.6) is 0 Å². The van der Waals surface area contributed by atoms with Gasteiger partial charge in [0.2, 0.25) is 5.00 Å². The van der Waals surface area contributed by atoms with E-state index >= 15 is 8.78 Å². The third-order valence-electron chi connectivity index (χ3n) is 4.98. The first-order valence-corrected chi connectivity index (χ1v) is 10.6. The SMILES string of the molecule is C=[S-](=O)C(C)(F)C(F)(CC)C(C)(F)S(=O)CC1=CCc2ccccc21. The summed E-state index contributed by atoms with van der Waals surface area (Å²) in [6.45, 7) is 2.72. The summed E-state index contributed by atoms with van der Waals surface area (Å²) < 4.78 is 69.6. The molecule has 1 aliphatic rings. The van der Waals surface area contributed by atoms with Crippen LogP contribution in [0.3, 0.4) is 0 Å². The summed E-state index contributed by atoms with van der Waals surface area (Å²) in [7, 11) is -4.90. The fourth-order valence-electron chi connectivity index (χ4n) is 3.16. The summed E-state index contributed by atoms with van der Waals surface area (Å²) in [4.78, 5) is 0. The molecule has 4 atom stereocenters. The average Bonchev–Trinajstić information content (AvgIpc) is 2.96. The van der Waals surface area contributed by atoms with Crippen molar-refractivity contribution in [1.29, 1.82) is 0 Å². The average molecular weight is 392 g/mol. The van der Waals surface area contributed by atoms with Crippen LogP contribution in [0.15, 0.2) is 30.3 Å². The van der Waals surface area contributed by atoms with Gasteiger partial charge >= 0.3 is 0 Å². The van der Waals surface area contributed by atoms with Crippen LogP contribution in [0.2, 0.25) is 0 Å². The van der Waals surface area contributed by atoms with Gasteiger partial charge in [-0.25, -0.2) is 19.2 Å². The van der Waals surface area contributed by atoms with E-state index in [4.69, 9.17) is 0 Å². The molecule has 0 saturated carbocycles. The molecule has 0 spiro atoms. The molecule has 1 aliphatic carbocycles. The summed E-state index contributed by atoms with van der Waals surface area (Å²) in [6.07, 6.45) is 1.83. The molecule has 4 unspecified atom stereocenters. The van der Waals surface area contributed by atoms with Crippen LogP contribution in [0.1, 0.15) is 38.3 Å². The second-order valence-corrected chi connectivity index (χ2v) is 9.62. The quantitative estimate of drug-likeness (QED) is 0.514. The summed E-state index contributed by atoms with van der Waals surface area (Å²) in [6, 6.07) is 7.42. The Hall–Kier alpha value is -1.08. The van der Waals surface area contributed by atoms with Crippen molar-refractivity contribution >= 4 is 32.6 Å². The molecule has 0 aliphatic heterocycles. The Morgan fingerprint density at radius 2 is 1.84 bits per heavy atom. The van der Waals surface area contributed by atoms with Gasteiger partial charge in [0.25, 0.3) is 0 Å². The normalized spacial score (nSPS) is 22.4. The summed E-state index contributed by atoms with van der Waals surface area (Å²) in [5.74, 6) is 2.77. The zero-order chi connectivity index (χ0) is 19.0. The molecule has 0 heterocycles. The molecule has 0 aromatic heterocycles. The Morgan fingerprint density at radius 3 is 2.40 bits per heavy atom. The van der Waals surface area contributed by atoms with Crippen molar-refractivity contribution in [3.05, 3.63) is 41.5 Å². The maximum atomic E-state index is 15.4. The third kappa shape index (κ3) is 3.21. The predicted octanol–water partition coefficient (Wildman–Crippen LogP) is 4.26. The molecule has 1 aromatic rings. The lowest BCUT2D eigenvalue weighted by molar-refractivity contribution is -0.0494. The van der Waals surface area contributed by atoms with Gasteiger partial charge in [-0.15, -0.1) is 0 Å². The number of alkyl halides is 3. The van der Waals surface area contributed by atoms with Crippen molar-refractivity contribution < 1.29 is 21.6 Å². The van der Waals surface area contributed by atoms with E-state index in [0.717, 1.165) is 18.1 Å². The van der Waals surface area contributed by atoms with Crippen LogP contribution in [0.4, 0.5) is 13.2 Å². The minimum atomic E-state index is -3.20. The maximum Gasteiger partial charge on any atom is 0.217 e. The van der Waals surface area contributed by atoms with Crippen molar-refractivity contribution in [2.24, 2.45) is 0 Å². The third-order valence-corrected chi connectivity index (χ3v) is 7.91. The van der Waals surface area contributed by atoms with Crippen LogP contribution >= 0.6 is 0 Å². The molecule has 2 nitrogen and oxygen atoms in total. The molecule has 0 saturated heterocycles. The fourth-order valence-corrected chi connectivity index (χ4v) is 5.44. The number of hydrogen-bond acceptors (Lipinski definition) is 3. The summed E-state index contributed by atoms with van der Waals surface area (Å²) in [5, 5.41) is -6.10. The first kappa shape index (κ1) is 20.2. The van der Waals surface area contributed by atoms with Crippen molar-refractivity contribution in [3.8, 4) is 0 Å². The van der Waals surface area contributed by atoms with Gasteiger partial charge < -0.3 is 4.21 Å². The predicted molar refractivity (Wildman–Crippen MR) is 99.5 cm³/mol. The van der Waals surface area contributed by atoms with E-state index in [1.165, 1.54) is 6.92 Å². The minimum absolute atomic E-state index is 0.241. The lowest BCUT2D eigenvalue weighted by Gasteiger charge is -2.46. The molecular weight excluding hydrogens is 369 g/mol. The van der Waals surface area contributed by atoms with E-state index < -0.39 is 43.3 Å². The molecule has 0 bridgehead atoms. The first-order valence-electron chi connectivity index (χ1n) is 7.93. The van der Waals surface area contributed by atoms with Crippen molar-refractivity contribution in [3.63, 3.8) is 0 Å². The molecule has 140 valence electrons. The monoisotopic (exact) mass is 391 g/mol. The van der Waals surface area contributed by atoms with Gasteiger partial charge in [-0.1, -0.05) is 37.3 Å². The first-order chi connectivity index (χ1) is 11.5. The van der Waals surface area contributed by atoms with Crippen LogP contribution in [0.25, 0.3) is 5.57 Å². The molecule has 0 radical (unpaired) electrons. The molecule has 0 fully saturated rings. The van der Waals surface area contributed by atoms with E-state index in [0.29, 0.717) is 18.9 Å².